The Morgan fingerprint density at radius 3 is 0.895 bits per heavy atom. The first kappa shape index (κ1) is 19.0. The van der Waals surface area contributed by atoms with Crippen molar-refractivity contribution in [3.8, 4) is 0 Å². The molecule has 0 nitrogen and oxygen atoms in total. The Bertz CT molecular complexity index is 393. The van der Waals surface area contributed by atoms with Gasteiger partial charge >= 0.3 is 25.8 Å². The Kier molecular flexibility index (Phi) is 7.70. The van der Waals surface area contributed by atoms with Gasteiger partial charge in [-0.3, -0.25) is 0 Å². The normalized spacial score (nSPS) is 11.3. The smallest absolute Gasteiger partial charge is 1.00 e. The molecule has 0 saturated heterocycles. The van der Waals surface area contributed by atoms with Gasteiger partial charge in [0.1, 0.15) is 0 Å². The molecular formula is C16H28HfSi2. The summed E-state index contributed by atoms with van der Waals surface area (Å²) < 4.78 is 0. The van der Waals surface area contributed by atoms with Gasteiger partial charge in [-0.15, -0.1) is 0 Å². The maximum Gasteiger partial charge on any atom is 4.00 e. The molecule has 0 aliphatic carbocycles. The van der Waals surface area contributed by atoms with Gasteiger partial charge in [0.2, 0.25) is 0 Å². The fraction of sp³-hybridized carbons (Fsp3) is 0.375. The third-order valence-corrected chi connectivity index (χ3v) is 7.19. The molecule has 0 aliphatic rings. The van der Waals surface area contributed by atoms with Crippen LogP contribution in [0, 0.1) is 0 Å². The largest absolute Gasteiger partial charge is 4.00 e. The maximum atomic E-state index is 2.36. The second-order valence-corrected chi connectivity index (χ2v) is 17.0. The molecule has 0 bridgehead atoms. The van der Waals surface area contributed by atoms with Crippen LogP contribution in [0.5, 0.6) is 0 Å². The number of rotatable bonds is 2. The predicted molar refractivity (Wildman–Crippen MR) is 92.3 cm³/mol. The summed E-state index contributed by atoms with van der Waals surface area (Å²) in [6.07, 6.45) is 0. The summed E-state index contributed by atoms with van der Waals surface area (Å²) in [5, 5.41) is 3.12. The zero-order valence-corrected chi connectivity index (χ0v) is 18.7. The molecule has 0 fully saturated rings. The molecule has 0 radical (unpaired) electrons. The summed E-state index contributed by atoms with van der Waals surface area (Å²) in [7, 11) is -1.96. The van der Waals surface area contributed by atoms with Crippen molar-refractivity contribution in [3.63, 3.8) is 0 Å². The van der Waals surface area contributed by atoms with Crippen molar-refractivity contribution in [3.05, 3.63) is 48.5 Å². The zero-order valence-electron chi connectivity index (χ0n) is 15.1. The zero-order chi connectivity index (χ0) is 13.8. The molecule has 3 heteroatoms. The van der Waals surface area contributed by atoms with Gasteiger partial charge in [0, 0.05) is 16.1 Å². The van der Waals surface area contributed by atoms with E-state index in [1.165, 1.54) is 0 Å². The molecule has 0 heterocycles. The van der Waals surface area contributed by atoms with E-state index in [9.17, 15) is 0 Å². The van der Waals surface area contributed by atoms with Crippen LogP contribution in [-0.4, -0.2) is 16.1 Å². The fourth-order valence-corrected chi connectivity index (χ4v) is 4.13. The van der Waals surface area contributed by atoms with Crippen LogP contribution in [0.2, 0.25) is 39.3 Å². The summed E-state index contributed by atoms with van der Waals surface area (Å²) in [6.45, 7) is 14.2. The predicted octanol–water partition coefficient (Wildman–Crippen LogP) is 4.12. The van der Waals surface area contributed by atoms with Crippen molar-refractivity contribution in [1.82, 2.24) is 0 Å². The van der Waals surface area contributed by atoms with E-state index in [1.54, 1.807) is 10.4 Å². The quantitative estimate of drug-likeness (QED) is 0.473. The summed E-state index contributed by atoms with van der Waals surface area (Å²) in [5.41, 5.74) is 0. The molecule has 2 aromatic carbocycles. The van der Waals surface area contributed by atoms with E-state index in [2.05, 4.69) is 87.8 Å². The topological polar surface area (TPSA) is 0 Å². The summed E-state index contributed by atoms with van der Waals surface area (Å²) in [5.74, 6) is 0. The first-order valence-corrected chi connectivity index (χ1v) is 13.7. The molecule has 2 rings (SSSR count). The average molecular weight is 455 g/mol. The molecule has 0 unspecified atom stereocenters. The van der Waals surface area contributed by atoms with Gasteiger partial charge in [-0.05, 0) is 0 Å². The van der Waals surface area contributed by atoms with E-state index >= 15 is 0 Å². The van der Waals surface area contributed by atoms with E-state index in [0.29, 0.717) is 0 Å². The van der Waals surface area contributed by atoms with E-state index < -0.39 is 16.1 Å². The Balaban J connectivity index is -0.000000270. The Labute approximate surface area is 142 Å². The summed E-state index contributed by atoms with van der Waals surface area (Å²) in [6, 6.07) is 17.4. The SMILES string of the molecule is C[Si](C)(C)[c-]1cccc1.C[Si](C)(C)[c-]1cccc1.[H-].[H-].[Hf+4]. The van der Waals surface area contributed by atoms with Crippen molar-refractivity contribution in [2.45, 2.75) is 39.3 Å². The fourth-order valence-electron chi connectivity index (χ4n) is 1.75. The first-order chi connectivity index (χ1) is 8.21. The van der Waals surface area contributed by atoms with E-state index in [4.69, 9.17) is 0 Å². The molecule has 2 aromatic rings. The second kappa shape index (κ2) is 7.70. The molecule has 19 heavy (non-hydrogen) atoms. The van der Waals surface area contributed by atoms with Gasteiger partial charge in [-0.25, -0.2) is 24.3 Å². The average Bonchev–Trinajstić information content (AvgIpc) is 2.91. The van der Waals surface area contributed by atoms with Crippen molar-refractivity contribution in [2.24, 2.45) is 0 Å². The van der Waals surface area contributed by atoms with Crippen LogP contribution in [0.25, 0.3) is 0 Å². The van der Waals surface area contributed by atoms with Crippen molar-refractivity contribution in [1.29, 1.82) is 0 Å². The Morgan fingerprint density at radius 1 is 0.579 bits per heavy atom. The van der Waals surface area contributed by atoms with Crippen molar-refractivity contribution >= 4 is 26.5 Å². The molecule has 104 valence electrons. The monoisotopic (exact) mass is 456 g/mol. The van der Waals surface area contributed by atoms with Crippen LogP contribution in [0.3, 0.4) is 0 Å². The van der Waals surface area contributed by atoms with Gasteiger partial charge in [0.05, 0.1) is 0 Å². The number of hydrogen-bond donors (Lipinski definition) is 0. The minimum absolute atomic E-state index is 0. The Morgan fingerprint density at radius 2 is 0.789 bits per heavy atom. The van der Waals surface area contributed by atoms with Crippen molar-refractivity contribution < 1.29 is 28.7 Å². The maximum absolute atomic E-state index is 2.36. The molecule has 0 atom stereocenters. The third-order valence-electron chi connectivity index (χ3n) is 3.06. The molecule has 0 saturated carbocycles. The van der Waals surface area contributed by atoms with Crippen LogP contribution in [0.15, 0.2) is 48.5 Å². The van der Waals surface area contributed by atoms with Crippen molar-refractivity contribution in [2.75, 3.05) is 0 Å². The van der Waals surface area contributed by atoms with Crippen LogP contribution in [-0.2, 0) is 25.8 Å². The summed E-state index contributed by atoms with van der Waals surface area (Å²) in [4.78, 5) is 0. The van der Waals surface area contributed by atoms with Crippen LogP contribution < -0.4 is 10.4 Å². The molecule has 0 spiro atoms. The Hall–Kier alpha value is 0.00390. The van der Waals surface area contributed by atoms with Gasteiger partial charge in [0.15, 0.2) is 0 Å². The first-order valence-electron chi connectivity index (χ1n) is 6.65. The van der Waals surface area contributed by atoms with Crippen LogP contribution in [0.1, 0.15) is 2.85 Å². The van der Waals surface area contributed by atoms with Gasteiger partial charge in [-0.1, -0.05) is 39.3 Å². The molecule has 0 amide bonds. The van der Waals surface area contributed by atoms with Gasteiger partial charge in [-0.2, -0.15) is 34.6 Å². The molecule has 0 aliphatic heterocycles. The molecule has 0 N–H and O–H groups in total. The standard InChI is InChI=1S/2C8H13Si.Hf.2H/c2*1-9(2,3)8-6-4-5-7-8;;;/h2*4-7H,1-3H3;;;/q2*-1;+4;2*-1. The van der Waals surface area contributed by atoms with E-state index in [-0.39, 0.29) is 28.7 Å². The van der Waals surface area contributed by atoms with Gasteiger partial charge < -0.3 is 2.85 Å². The van der Waals surface area contributed by atoms with E-state index in [0.717, 1.165) is 0 Å². The van der Waals surface area contributed by atoms with Gasteiger partial charge in [0.25, 0.3) is 0 Å². The van der Waals surface area contributed by atoms with Crippen LogP contribution in [0.4, 0.5) is 0 Å². The minimum Gasteiger partial charge on any atom is -1.00 e. The molecular weight excluding hydrogens is 427 g/mol. The third kappa shape index (κ3) is 6.82. The minimum atomic E-state index is -0.981. The van der Waals surface area contributed by atoms with E-state index in [1.807, 2.05) is 0 Å². The van der Waals surface area contributed by atoms with Crippen LogP contribution >= 0.6 is 0 Å². The second-order valence-electron chi connectivity index (χ2n) is 6.85. The number of hydrogen-bond acceptors (Lipinski definition) is 0. The molecule has 0 aromatic heterocycles. The summed E-state index contributed by atoms with van der Waals surface area (Å²) >= 11 is 0.